The summed E-state index contributed by atoms with van der Waals surface area (Å²) >= 11 is 0. The smallest absolute Gasteiger partial charge is 0.271 e. The zero-order chi connectivity index (χ0) is 15.2. The lowest BCUT2D eigenvalue weighted by molar-refractivity contribution is 0.0995. The van der Waals surface area contributed by atoms with E-state index in [1.165, 1.54) is 6.20 Å². The van der Waals surface area contributed by atoms with Crippen LogP contribution in [0.15, 0.2) is 30.5 Å². The number of nitrogens with zero attached hydrogens (tertiary/aromatic N) is 2. The fraction of sp³-hybridized carbons (Fsp3) is 0.0769. The lowest BCUT2D eigenvalue weighted by Gasteiger charge is -2.08. The number of aromatic nitrogens is 2. The van der Waals surface area contributed by atoms with Crippen molar-refractivity contribution in [3.63, 3.8) is 0 Å². The maximum atomic E-state index is 11.2. The Kier molecular flexibility index (Phi) is 4.42. The van der Waals surface area contributed by atoms with Gasteiger partial charge in [-0.05, 0) is 24.3 Å². The number of aldehydes is 1. The SMILES string of the molecule is NNc1ncc(CNc2ccc(C=O)cc2)nc1C(N)=O. The van der Waals surface area contributed by atoms with Gasteiger partial charge in [-0.25, -0.2) is 15.8 Å². The molecule has 2 rings (SSSR count). The van der Waals surface area contributed by atoms with Crippen molar-refractivity contribution in [2.45, 2.75) is 6.54 Å². The number of primary amides is 1. The second-order valence-corrected chi connectivity index (χ2v) is 4.16. The highest BCUT2D eigenvalue weighted by molar-refractivity contribution is 5.95. The largest absolute Gasteiger partial charge is 0.379 e. The van der Waals surface area contributed by atoms with E-state index >= 15 is 0 Å². The van der Waals surface area contributed by atoms with Gasteiger partial charge in [-0.2, -0.15) is 0 Å². The molecule has 108 valence electrons. The minimum Gasteiger partial charge on any atom is -0.379 e. The van der Waals surface area contributed by atoms with Crippen LogP contribution in [0, 0.1) is 0 Å². The van der Waals surface area contributed by atoms with Crippen LogP contribution in [0.1, 0.15) is 26.5 Å². The van der Waals surface area contributed by atoms with E-state index in [-0.39, 0.29) is 11.5 Å². The molecule has 2 aromatic rings. The zero-order valence-electron chi connectivity index (χ0n) is 11.0. The van der Waals surface area contributed by atoms with Crippen LogP contribution in [-0.2, 0) is 6.54 Å². The summed E-state index contributed by atoms with van der Waals surface area (Å²) in [5.74, 6) is 4.64. The molecule has 1 aromatic heterocycles. The molecule has 0 radical (unpaired) electrons. The first kappa shape index (κ1) is 14.4. The van der Waals surface area contributed by atoms with Crippen LogP contribution in [0.5, 0.6) is 0 Å². The Balaban J connectivity index is 2.10. The third-order valence-corrected chi connectivity index (χ3v) is 2.71. The van der Waals surface area contributed by atoms with E-state index in [4.69, 9.17) is 11.6 Å². The molecule has 1 aromatic carbocycles. The predicted octanol–water partition coefficient (Wildman–Crippen LogP) is 0.286. The number of nitrogens with one attached hydrogen (secondary N) is 2. The van der Waals surface area contributed by atoms with Gasteiger partial charge >= 0.3 is 0 Å². The highest BCUT2D eigenvalue weighted by Gasteiger charge is 2.11. The number of anilines is 2. The van der Waals surface area contributed by atoms with Crippen molar-refractivity contribution in [2.75, 3.05) is 10.7 Å². The van der Waals surface area contributed by atoms with Crippen molar-refractivity contribution in [3.05, 3.63) is 47.4 Å². The maximum absolute atomic E-state index is 11.2. The summed E-state index contributed by atoms with van der Waals surface area (Å²) in [5, 5.41) is 3.09. The van der Waals surface area contributed by atoms with Gasteiger partial charge in [0, 0.05) is 11.3 Å². The highest BCUT2D eigenvalue weighted by atomic mass is 16.1. The second-order valence-electron chi connectivity index (χ2n) is 4.16. The van der Waals surface area contributed by atoms with E-state index < -0.39 is 5.91 Å². The molecule has 8 nitrogen and oxygen atoms in total. The van der Waals surface area contributed by atoms with Gasteiger partial charge in [-0.3, -0.25) is 9.59 Å². The molecule has 1 amide bonds. The summed E-state index contributed by atoms with van der Waals surface area (Å²) in [5.41, 5.74) is 9.38. The number of nitrogens with two attached hydrogens (primary N) is 2. The summed E-state index contributed by atoms with van der Waals surface area (Å²) in [4.78, 5) is 29.9. The Hall–Kier alpha value is -3.00. The number of carbonyl (C=O) groups is 2. The van der Waals surface area contributed by atoms with Gasteiger partial charge in [0.25, 0.3) is 5.91 Å². The van der Waals surface area contributed by atoms with Crippen molar-refractivity contribution >= 4 is 23.7 Å². The molecule has 0 saturated carbocycles. The Morgan fingerprint density at radius 1 is 1.29 bits per heavy atom. The summed E-state index contributed by atoms with van der Waals surface area (Å²) in [6.45, 7) is 0.346. The molecule has 0 aliphatic carbocycles. The Morgan fingerprint density at radius 3 is 2.57 bits per heavy atom. The number of nitrogen functional groups attached to an aromatic ring is 1. The van der Waals surface area contributed by atoms with Crippen LogP contribution in [0.4, 0.5) is 11.5 Å². The van der Waals surface area contributed by atoms with Crippen molar-refractivity contribution in [1.82, 2.24) is 9.97 Å². The van der Waals surface area contributed by atoms with Gasteiger partial charge < -0.3 is 16.5 Å². The molecule has 0 aliphatic heterocycles. The maximum Gasteiger partial charge on any atom is 0.271 e. The quantitative estimate of drug-likeness (QED) is 0.340. The van der Waals surface area contributed by atoms with Crippen LogP contribution >= 0.6 is 0 Å². The first-order valence-electron chi connectivity index (χ1n) is 6.05. The fourth-order valence-electron chi connectivity index (χ4n) is 1.66. The number of rotatable bonds is 6. The Labute approximate surface area is 120 Å². The first-order valence-corrected chi connectivity index (χ1v) is 6.05. The average Bonchev–Trinajstić information content (AvgIpc) is 2.53. The minimum atomic E-state index is -0.715. The molecular weight excluding hydrogens is 272 g/mol. The predicted molar refractivity (Wildman–Crippen MR) is 77.5 cm³/mol. The fourth-order valence-corrected chi connectivity index (χ4v) is 1.66. The number of hydrogen-bond acceptors (Lipinski definition) is 7. The number of carbonyl (C=O) groups excluding carboxylic acids is 2. The van der Waals surface area contributed by atoms with Crippen LogP contribution < -0.4 is 22.3 Å². The van der Waals surface area contributed by atoms with Crippen molar-refractivity contribution in [1.29, 1.82) is 0 Å². The standard InChI is InChI=1S/C13H14N6O2/c14-12(21)11-13(19-15)17-6-10(18-11)5-16-9-3-1-8(7-20)2-4-9/h1-4,6-7,16H,5,15H2,(H2,14,21)(H,17,19). The highest BCUT2D eigenvalue weighted by Crippen LogP contribution is 2.12. The molecule has 0 fully saturated rings. The van der Waals surface area contributed by atoms with Crippen LogP contribution in [0.3, 0.4) is 0 Å². The van der Waals surface area contributed by atoms with Gasteiger partial charge in [0.15, 0.2) is 11.5 Å². The van der Waals surface area contributed by atoms with E-state index in [9.17, 15) is 9.59 Å². The molecule has 0 aliphatic rings. The van der Waals surface area contributed by atoms with Crippen LogP contribution in [-0.4, -0.2) is 22.2 Å². The van der Waals surface area contributed by atoms with Crippen molar-refractivity contribution in [2.24, 2.45) is 11.6 Å². The van der Waals surface area contributed by atoms with Crippen LogP contribution in [0.2, 0.25) is 0 Å². The topological polar surface area (TPSA) is 136 Å². The normalized spacial score (nSPS) is 9.95. The molecular formula is C13H14N6O2. The summed E-state index contributed by atoms with van der Waals surface area (Å²) < 4.78 is 0. The van der Waals surface area contributed by atoms with E-state index in [0.717, 1.165) is 12.0 Å². The van der Waals surface area contributed by atoms with Gasteiger partial charge in [-0.1, -0.05) is 0 Å². The van der Waals surface area contributed by atoms with Crippen molar-refractivity contribution < 1.29 is 9.59 Å². The van der Waals surface area contributed by atoms with Gasteiger partial charge in [0.1, 0.15) is 6.29 Å². The lowest BCUT2D eigenvalue weighted by atomic mass is 10.2. The van der Waals surface area contributed by atoms with Gasteiger partial charge in [0.05, 0.1) is 18.4 Å². The molecule has 0 saturated heterocycles. The van der Waals surface area contributed by atoms with Gasteiger partial charge in [-0.15, -0.1) is 0 Å². The molecule has 0 spiro atoms. The summed E-state index contributed by atoms with van der Waals surface area (Å²) in [7, 11) is 0. The minimum absolute atomic E-state index is 0.0203. The lowest BCUT2D eigenvalue weighted by Crippen LogP contribution is -2.21. The first-order chi connectivity index (χ1) is 10.1. The summed E-state index contributed by atoms with van der Waals surface area (Å²) in [6, 6.07) is 6.92. The van der Waals surface area contributed by atoms with Crippen molar-refractivity contribution in [3.8, 4) is 0 Å². The Morgan fingerprint density at radius 2 is 2.00 bits per heavy atom. The molecule has 21 heavy (non-hydrogen) atoms. The number of amides is 1. The van der Waals surface area contributed by atoms with E-state index in [2.05, 4.69) is 20.7 Å². The third-order valence-electron chi connectivity index (χ3n) is 2.71. The third kappa shape index (κ3) is 3.51. The molecule has 6 N–H and O–H groups in total. The van der Waals surface area contributed by atoms with E-state index in [0.29, 0.717) is 17.8 Å². The van der Waals surface area contributed by atoms with Gasteiger partial charge in [0.2, 0.25) is 0 Å². The average molecular weight is 286 g/mol. The van der Waals surface area contributed by atoms with E-state index in [1.54, 1.807) is 24.3 Å². The monoisotopic (exact) mass is 286 g/mol. The number of benzene rings is 1. The molecule has 0 unspecified atom stereocenters. The number of hydrazine groups is 1. The number of hydrogen-bond donors (Lipinski definition) is 4. The second kappa shape index (κ2) is 6.44. The Bertz CT molecular complexity index is 656. The van der Waals surface area contributed by atoms with Crippen LogP contribution in [0.25, 0.3) is 0 Å². The summed E-state index contributed by atoms with van der Waals surface area (Å²) in [6.07, 6.45) is 2.25. The molecule has 1 heterocycles. The molecule has 0 bridgehead atoms. The molecule has 0 atom stereocenters. The molecule has 8 heteroatoms. The zero-order valence-corrected chi connectivity index (χ0v) is 11.0. The van der Waals surface area contributed by atoms with E-state index in [1.807, 2.05) is 0 Å².